The molecule has 0 aromatic carbocycles. The summed E-state index contributed by atoms with van der Waals surface area (Å²) in [6.07, 6.45) is 0.0712. The summed E-state index contributed by atoms with van der Waals surface area (Å²) in [6.45, 7) is 2.43. The number of amides is 1. The summed E-state index contributed by atoms with van der Waals surface area (Å²) in [6, 6.07) is -0.816. The highest BCUT2D eigenvalue weighted by molar-refractivity contribution is 5.77. The summed E-state index contributed by atoms with van der Waals surface area (Å²) in [5.41, 5.74) is -0.0634. The van der Waals surface area contributed by atoms with E-state index in [1.54, 1.807) is 6.92 Å². The van der Waals surface area contributed by atoms with Gasteiger partial charge in [-0.05, 0) is 67.6 Å². The Morgan fingerprint density at radius 1 is 0.766 bits per heavy atom. The highest BCUT2D eigenvalue weighted by Crippen LogP contribution is 2.65. The lowest BCUT2D eigenvalue weighted by Gasteiger charge is -2.61. The minimum absolute atomic E-state index is 0.0634. The predicted octanol–water partition coefficient (Wildman–Crippen LogP) is 0.182. The molecule has 4 bridgehead atoms. The molecule has 4 aliphatic carbocycles. The van der Waals surface area contributed by atoms with Crippen LogP contribution in [0.1, 0.15) is 84.5 Å². The summed E-state index contributed by atoms with van der Waals surface area (Å²) in [5.74, 6) is 1.90. The average Bonchev–Trinajstić information content (AvgIpc) is 3.05. The van der Waals surface area contributed by atoms with E-state index in [9.17, 15) is 40.5 Å². The average molecular weight is 674 g/mol. The topological polar surface area (TPSA) is 208 Å². The second kappa shape index (κ2) is 16.4. The molecule has 6 aliphatic rings. The molecule has 2 saturated heterocycles. The monoisotopic (exact) mass is 673 g/mol. The van der Waals surface area contributed by atoms with E-state index in [4.69, 9.17) is 18.9 Å². The van der Waals surface area contributed by atoms with Crippen molar-refractivity contribution in [3.63, 3.8) is 0 Å². The lowest BCUT2D eigenvalue weighted by Crippen LogP contribution is -2.60. The van der Waals surface area contributed by atoms with E-state index in [-0.39, 0.29) is 31.1 Å². The molecule has 0 radical (unpaired) electrons. The fourth-order valence-corrected chi connectivity index (χ4v) is 9.54. The summed E-state index contributed by atoms with van der Waals surface area (Å²) in [4.78, 5) is 14.0. The summed E-state index contributed by atoms with van der Waals surface area (Å²) in [7, 11) is 0. The maximum absolute atomic E-state index is 14.0. The number of ether oxygens (including phenoxy) is 4. The van der Waals surface area contributed by atoms with Crippen LogP contribution in [0, 0.1) is 35.0 Å². The van der Waals surface area contributed by atoms with E-state index in [1.165, 1.54) is 38.5 Å². The SMILES string of the molecule is CCCCCCC1(CC(=O)NC(CO[C@H]2OC(CO)[C@@H](C)C(O)[C@@H]2O)CO[C@H]2OC(CO)[C@@H](O)C(O)[C@@H]2O)C2CC3CC(C2)CC1C3. The number of carbonyl (C=O) groups is 1. The molecule has 4 saturated carbocycles. The normalized spacial score (nSPS) is 45.2. The molecule has 1 amide bonds. The first-order valence-electron chi connectivity index (χ1n) is 18.0. The number of rotatable bonds is 16. The Balaban J connectivity index is 1.28. The molecule has 5 unspecified atom stereocenters. The number of nitrogens with one attached hydrogen (secondary N) is 1. The van der Waals surface area contributed by atoms with Crippen LogP contribution in [0.2, 0.25) is 0 Å². The molecule has 11 atom stereocenters. The van der Waals surface area contributed by atoms with Crippen LogP contribution in [0.5, 0.6) is 0 Å². The Bertz CT molecular complexity index is 930. The Kier molecular flexibility index (Phi) is 13.0. The molecule has 2 heterocycles. The molecule has 6 fully saturated rings. The van der Waals surface area contributed by atoms with Crippen LogP contribution in [0.4, 0.5) is 0 Å². The number of carbonyl (C=O) groups excluding carboxylic acids is 1. The number of hydrogen-bond acceptors (Lipinski definition) is 12. The van der Waals surface area contributed by atoms with Gasteiger partial charge in [0.2, 0.25) is 5.91 Å². The van der Waals surface area contributed by atoms with Gasteiger partial charge in [-0.15, -0.1) is 0 Å². The molecule has 272 valence electrons. The molecule has 6 rings (SSSR count). The Morgan fingerprint density at radius 3 is 1.87 bits per heavy atom. The van der Waals surface area contributed by atoms with Gasteiger partial charge < -0.3 is 60.0 Å². The first-order chi connectivity index (χ1) is 22.5. The van der Waals surface area contributed by atoms with Gasteiger partial charge in [0, 0.05) is 12.3 Å². The van der Waals surface area contributed by atoms with Crippen LogP contribution in [0.25, 0.3) is 0 Å². The van der Waals surface area contributed by atoms with Gasteiger partial charge in [0.1, 0.15) is 30.5 Å². The van der Waals surface area contributed by atoms with Crippen molar-refractivity contribution in [3.8, 4) is 0 Å². The smallest absolute Gasteiger partial charge is 0.220 e. The van der Waals surface area contributed by atoms with Crippen molar-refractivity contribution in [2.45, 2.75) is 146 Å². The van der Waals surface area contributed by atoms with Gasteiger partial charge in [-0.3, -0.25) is 4.79 Å². The molecule has 0 spiro atoms. The predicted molar refractivity (Wildman–Crippen MR) is 167 cm³/mol. The van der Waals surface area contributed by atoms with Crippen LogP contribution in [-0.4, -0.2) is 129 Å². The molecule has 13 nitrogen and oxygen atoms in total. The number of aliphatic hydroxyl groups is 7. The maximum atomic E-state index is 14.0. The van der Waals surface area contributed by atoms with Crippen LogP contribution >= 0.6 is 0 Å². The Morgan fingerprint density at radius 2 is 1.32 bits per heavy atom. The zero-order chi connectivity index (χ0) is 33.9. The number of aliphatic hydroxyl groups excluding tert-OH is 7. The van der Waals surface area contributed by atoms with Gasteiger partial charge in [-0.1, -0.05) is 39.5 Å². The van der Waals surface area contributed by atoms with E-state index in [1.807, 2.05) is 0 Å². The zero-order valence-electron chi connectivity index (χ0n) is 27.9. The van der Waals surface area contributed by atoms with E-state index in [2.05, 4.69) is 12.2 Å². The maximum Gasteiger partial charge on any atom is 0.220 e. The van der Waals surface area contributed by atoms with Crippen molar-refractivity contribution >= 4 is 5.91 Å². The second-order valence-electron chi connectivity index (χ2n) is 15.2. The van der Waals surface area contributed by atoms with Gasteiger partial charge >= 0.3 is 0 Å². The van der Waals surface area contributed by atoms with E-state index in [0.717, 1.165) is 37.5 Å². The van der Waals surface area contributed by atoms with Gasteiger partial charge in [-0.25, -0.2) is 0 Å². The largest absolute Gasteiger partial charge is 0.394 e. The third-order valence-electron chi connectivity index (χ3n) is 12.1. The fourth-order valence-electron chi connectivity index (χ4n) is 9.54. The highest BCUT2D eigenvalue weighted by atomic mass is 16.7. The van der Waals surface area contributed by atoms with E-state index >= 15 is 0 Å². The van der Waals surface area contributed by atoms with E-state index < -0.39 is 73.9 Å². The lowest BCUT2D eigenvalue weighted by atomic mass is 9.43. The fraction of sp³-hybridized carbons (Fsp3) is 0.971. The molecular formula is C34H59NO12. The van der Waals surface area contributed by atoms with E-state index in [0.29, 0.717) is 18.3 Å². The van der Waals surface area contributed by atoms with Gasteiger partial charge in [0.25, 0.3) is 0 Å². The van der Waals surface area contributed by atoms with Crippen molar-refractivity contribution in [3.05, 3.63) is 0 Å². The second-order valence-corrected chi connectivity index (χ2v) is 15.2. The zero-order valence-corrected chi connectivity index (χ0v) is 27.9. The minimum Gasteiger partial charge on any atom is -0.394 e. The third-order valence-corrected chi connectivity index (χ3v) is 12.1. The minimum atomic E-state index is -1.62. The summed E-state index contributed by atoms with van der Waals surface area (Å²) >= 11 is 0. The lowest BCUT2D eigenvalue weighted by molar-refractivity contribution is -0.306. The van der Waals surface area contributed by atoms with Crippen LogP contribution < -0.4 is 5.32 Å². The van der Waals surface area contributed by atoms with Gasteiger partial charge in [-0.2, -0.15) is 0 Å². The molecule has 13 heteroatoms. The molecule has 8 N–H and O–H groups in total. The Labute approximate surface area is 277 Å². The van der Waals surface area contributed by atoms with Crippen LogP contribution in [-0.2, 0) is 23.7 Å². The molecular weight excluding hydrogens is 614 g/mol. The van der Waals surface area contributed by atoms with Crippen molar-refractivity contribution in [1.29, 1.82) is 0 Å². The van der Waals surface area contributed by atoms with Crippen molar-refractivity contribution in [1.82, 2.24) is 5.32 Å². The van der Waals surface area contributed by atoms with Crippen molar-refractivity contribution in [2.75, 3.05) is 26.4 Å². The summed E-state index contributed by atoms with van der Waals surface area (Å²) in [5, 5.41) is 74.5. The van der Waals surface area contributed by atoms with Gasteiger partial charge in [0.05, 0.1) is 44.7 Å². The van der Waals surface area contributed by atoms with Crippen molar-refractivity contribution in [2.24, 2.45) is 35.0 Å². The highest BCUT2D eigenvalue weighted by Gasteiger charge is 2.57. The standard InChI is InChI=1S/C34H59NO12/c1-3-4-5-6-7-34(21-9-19-8-20(11-21)12-22(34)10-19)13-26(38)35-23(16-44-32-30(42)27(39)18(2)24(14-36)46-32)17-45-33-31(43)29(41)28(40)25(15-37)47-33/h18-25,27-33,36-37,39-43H,3-17H2,1-2H3,(H,35,38)/t18-,19?,20?,21?,22?,23?,24?,25?,27?,28-,29?,30+,31+,32+,33+,34?/m1/s1. The third kappa shape index (κ3) is 8.17. The quantitative estimate of drug-likeness (QED) is 0.103. The first kappa shape index (κ1) is 37.3. The molecule has 2 aliphatic heterocycles. The first-order valence-corrected chi connectivity index (χ1v) is 18.0. The molecule has 0 aromatic heterocycles. The number of unbranched alkanes of at least 4 members (excludes halogenated alkanes) is 3. The van der Waals surface area contributed by atoms with Crippen LogP contribution in [0.15, 0.2) is 0 Å². The van der Waals surface area contributed by atoms with Crippen molar-refractivity contribution < 1.29 is 59.5 Å². The number of hydrogen-bond donors (Lipinski definition) is 8. The van der Waals surface area contributed by atoms with Gasteiger partial charge in [0.15, 0.2) is 12.6 Å². The summed E-state index contributed by atoms with van der Waals surface area (Å²) < 4.78 is 22.9. The molecule has 47 heavy (non-hydrogen) atoms. The Hall–Kier alpha value is -0.970. The van der Waals surface area contributed by atoms with Crippen LogP contribution in [0.3, 0.4) is 0 Å². The molecule has 0 aromatic rings.